The van der Waals surface area contributed by atoms with Gasteiger partial charge >= 0.3 is 5.97 Å². The van der Waals surface area contributed by atoms with Gasteiger partial charge in [-0.2, -0.15) is 0 Å². The first kappa shape index (κ1) is 13.6. The summed E-state index contributed by atoms with van der Waals surface area (Å²) in [4.78, 5) is 11.6. The van der Waals surface area contributed by atoms with Gasteiger partial charge in [0, 0.05) is 24.5 Å². The van der Waals surface area contributed by atoms with Gasteiger partial charge in [0.15, 0.2) is 0 Å². The van der Waals surface area contributed by atoms with E-state index in [0.717, 1.165) is 23.1 Å². The van der Waals surface area contributed by atoms with Crippen molar-refractivity contribution in [2.45, 2.75) is 32.8 Å². The molecule has 2 aromatic heterocycles. The summed E-state index contributed by atoms with van der Waals surface area (Å²) in [6.45, 7) is 4.40. The van der Waals surface area contributed by atoms with Crippen LogP contribution < -0.4 is 5.73 Å². The molecule has 19 heavy (non-hydrogen) atoms. The van der Waals surface area contributed by atoms with E-state index in [-0.39, 0.29) is 18.5 Å². The fourth-order valence-electron chi connectivity index (χ4n) is 2.33. The van der Waals surface area contributed by atoms with Gasteiger partial charge in [0.05, 0.1) is 6.42 Å². The van der Waals surface area contributed by atoms with E-state index in [0.29, 0.717) is 6.54 Å². The number of hydrogen-bond donors (Lipinski definition) is 1. The van der Waals surface area contributed by atoms with Crippen molar-refractivity contribution >= 4 is 11.5 Å². The van der Waals surface area contributed by atoms with Gasteiger partial charge in [-0.15, -0.1) is 0 Å². The maximum Gasteiger partial charge on any atom is 0.307 e. The van der Waals surface area contributed by atoms with Gasteiger partial charge in [-0.25, -0.2) is 0 Å². The zero-order chi connectivity index (χ0) is 13.8. The van der Waals surface area contributed by atoms with Crippen LogP contribution in [0.1, 0.15) is 37.0 Å². The number of nitrogens with zero attached hydrogens (tertiary/aromatic N) is 1. The standard InChI is InChI=1S/C15H20N2O2/c1-3-14(19-15(18)6-8-16)12-7-10-17-9-4-5-13(17)11(12)2/h4-5,7,9-10,14H,3,6,8,16H2,1-2H3. The summed E-state index contributed by atoms with van der Waals surface area (Å²) in [6.07, 6.45) is 4.83. The fourth-order valence-corrected chi connectivity index (χ4v) is 2.33. The second-order valence-corrected chi connectivity index (χ2v) is 4.62. The zero-order valence-corrected chi connectivity index (χ0v) is 11.4. The molecule has 0 bridgehead atoms. The van der Waals surface area contributed by atoms with Crippen molar-refractivity contribution in [1.29, 1.82) is 0 Å². The molecule has 0 aromatic carbocycles. The molecule has 0 amide bonds. The SMILES string of the molecule is CCC(OC(=O)CCN)c1ccn2cccc2c1C. The maximum absolute atomic E-state index is 11.6. The van der Waals surface area contributed by atoms with Crippen LogP contribution in [-0.4, -0.2) is 16.9 Å². The van der Waals surface area contributed by atoms with Crippen molar-refractivity contribution in [2.24, 2.45) is 5.73 Å². The first-order valence-electron chi connectivity index (χ1n) is 6.63. The number of pyridine rings is 1. The predicted octanol–water partition coefficient (Wildman–Crippen LogP) is 2.59. The van der Waals surface area contributed by atoms with Crippen molar-refractivity contribution in [2.75, 3.05) is 6.54 Å². The molecule has 2 N–H and O–H groups in total. The Morgan fingerprint density at radius 1 is 1.42 bits per heavy atom. The van der Waals surface area contributed by atoms with Crippen molar-refractivity contribution in [3.05, 3.63) is 41.7 Å². The van der Waals surface area contributed by atoms with Crippen molar-refractivity contribution in [3.8, 4) is 0 Å². The van der Waals surface area contributed by atoms with Crippen LogP contribution in [0.3, 0.4) is 0 Å². The van der Waals surface area contributed by atoms with Gasteiger partial charge in [-0.1, -0.05) is 6.92 Å². The highest BCUT2D eigenvalue weighted by molar-refractivity contribution is 5.70. The van der Waals surface area contributed by atoms with E-state index in [9.17, 15) is 4.79 Å². The summed E-state index contributed by atoms with van der Waals surface area (Å²) < 4.78 is 7.57. The Kier molecular flexibility index (Phi) is 4.22. The number of rotatable bonds is 5. The summed E-state index contributed by atoms with van der Waals surface area (Å²) in [5.74, 6) is -0.232. The van der Waals surface area contributed by atoms with E-state index >= 15 is 0 Å². The largest absolute Gasteiger partial charge is 0.457 e. The fraction of sp³-hybridized carbons (Fsp3) is 0.400. The molecule has 1 atom stereocenters. The van der Waals surface area contributed by atoms with Crippen LogP contribution in [0.25, 0.3) is 5.52 Å². The Balaban J connectivity index is 2.29. The lowest BCUT2D eigenvalue weighted by Crippen LogP contribution is -2.15. The Morgan fingerprint density at radius 3 is 2.89 bits per heavy atom. The molecule has 2 heterocycles. The number of fused-ring (bicyclic) bond motifs is 1. The predicted molar refractivity (Wildman–Crippen MR) is 74.9 cm³/mol. The lowest BCUT2D eigenvalue weighted by molar-refractivity contribution is -0.149. The Morgan fingerprint density at radius 2 is 2.21 bits per heavy atom. The molecule has 2 aromatic rings. The smallest absolute Gasteiger partial charge is 0.307 e. The van der Waals surface area contributed by atoms with Crippen molar-refractivity contribution in [1.82, 2.24) is 4.40 Å². The number of carbonyl (C=O) groups is 1. The normalized spacial score (nSPS) is 12.6. The number of aromatic nitrogens is 1. The quantitative estimate of drug-likeness (QED) is 0.841. The first-order chi connectivity index (χ1) is 9.17. The second kappa shape index (κ2) is 5.89. The third-order valence-electron chi connectivity index (χ3n) is 3.35. The first-order valence-corrected chi connectivity index (χ1v) is 6.63. The van der Waals surface area contributed by atoms with Gasteiger partial charge in [0.2, 0.25) is 0 Å². The zero-order valence-electron chi connectivity index (χ0n) is 11.4. The minimum Gasteiger partial charge on any atom is -0.457 e. The van der Waals surface area contributed by atoms with Crippen LogP contribution in [-0.2, 0) is 9.53 Å². The van der Waals surface area contributed by atoms with Crippen molar-refractivity contribution < 1.29 is 9.53 Å². The van der Waals surface area contributed by atoms with Gasteiger partial charge in [-0.3, -0.25) is 4.79 Å². The van der Waals surface area contributed by atoms with Crippen LogP contribution in [0.4, 0.5) is 0 Å². The third-order valence-corrected chi connectivity index (χ3v) is 3.35. The number of ether oxygens (including phenoxy) is 1. The van der Waals surface area contributed by atoms with Gasteiger partial charge < -0.3 is 14.9 Å². The minimum absolute atomic E-state index is 0.195. The molecule has 0 aliphatic carbocycles. The average molecular weight is 260 g/mol. The second-order valence-electron chi connectivity index (χ2n) is 4.62. The summed E-state index contributed by atoms with van der Waals surface area (Å²) >= 11 is 0. The number of carbonyl (C=O) groups excluding carboxylic acids is 1. The molecule has 0 aliphatic heterocycles. The van der Waals surface area contributed by atoms with Crippen LogP contribution in [0.15, 0.2) is 30.6 Å². The summed E-state index contributed by atoms with van der Waals surface area (Å²) in [5, 5.41) is 0. The lowest BCUT2D eigenvalue weighted by atomic mass is 10.0. The molecule has 1 unspecified atom stereocenters. The molecule has 0 spiro atoms. The number of hydrogen-bond acceptors (Lipinski definition) is 3. The molecule has 0 saturated heterocycles. The number of nitrogens with two attached hydrogens (primary N) is 1. The van der Waals surface area contributed by atoms with E-state index in [4.69, 9.17) is 10.5 Å². The summed E-state index contributed by atoms with van der Waals surface area (Å²) in [5.41, 5.74) is 8.74. The molecule has 102 valence electrons. The maximum atomic E-state index is 11.6. The molecular weight excluding hydrogens is 240 g/mol. The van der Waals surface area contributed by atoms with E-state index in [1.807, 2.05) is 31.5 Å². The molecule has 0 aliphatic rings. The van der Waals surface area contributed by atoms with Gasteiger partial charge in [0.1, 0.15) is 6.10 Å². The van der Waals surface area contributed by atoms with E-state index in [2.05, 4.69) is 17.4 Å². The minimum atomic E-state index is -0.232. The summed E-state index contributed by atoms with van der Waals surface area (Å²) in [6, 6.07) is 6.09. The molecule has 4 heteroatoms. The number of aryl methyl sites for hydroxylation is 1. The molecule has 0 fully saturated rings. The van der Waals surface area contributed by atoms with E-state index in [1.54, 1.807) is 0 Å². The van der Waals surface area contributed by atoms with Crippen LogP contribution in [0.2, 0.25) is 0 Å². The number of esters is 1. The molecule has 2 rings (SSSR count). The molecule has 4 nitrogen and oxygen atoms in total. The molecule has 0 saturated carbocycles. The van der Waals surface area contributed by atoms with Crippen molar-refractivity contribution in [3.63, 3.8) is 0 Å². The Bertz CT molecular complexity index is 575. The van der Waals surface area contributed by atoms with Crippen LogP contribution in [0, 0.1) is 6.92 Å². The van der Waals surface area contributed by atoms with E-state index < -0.39 is 0 Å². The third kappa shape index (κ3) is 2.79. The Labute approximate surface area is 113 Å². The summed E-state index contributed by atoms with van der Waals surface area (Å²) in [7, 11) is 0. The highest BCUT2D eigenvalue weighted by atomic mass is 16.5. The Hall–Kier alpha value is -1.81. The molecular formula is C15H20N2O2. The highest BCUT2D eigenvalue weighted by Gasteiger charge is 2.17. The van der Waals surface area contributed by atoms with Crippen LogP contribution in [0.5, 0.6) is 0 Å². The highest BCUT2D eigenvalue weighted by Crippen LogP contribution is 2.27. The molecule has 0 radical (unpaired) electrons. The monoisotopic (exact) mass is 260 g/mol. The van der Waals surface area contributed by atoms with Gasteiger partial charge in [-0.05, 0) is 42.7 Å². The topological polar surface area (TPSA) is 56.7 Å². The van der Waals surface area contributed by atoms with Crippen LogP contribution >= 0.6 is 0 Å². The van der Waals surface area contributed by atoms with Gasteiger partial charge in [0.25, 0.3) is 0 Å². The average Bonchev–Trinajstić information content (AvgIpc) is 2.86. The lowest BCUT2D eigenvalue weighted by Gasteiger charge is -2.19. The van der Waals surface area contributed by atoms with E-state index in [1.165, 1.54) is 0 Å².